The van der Waals surface area contributed by atoms with Crippen molar-refractivity contribution in [3.8, 4) is 0 Å². The normalized spacial score (nSPS) is 12.0. The van der Waals surface area contributed by atoms with E-state index in [1.54, 1.807) is 19.2 Å². The van der Waals surface area contributed by atoms with E-state index < -0.39 is 6.10 Å². The Morgan fingerprint density at radius 3 is 2.89 bits per heavy atom. The molecule has 1 aromatic rings. The van der Waals surface area contributed by atoms with Crippen LogP contribution in [0.4, 0.5) is 5.82 Å². The third-order valence-electron chi connectivity index (χ3n) is 2.35. The molecule has 0 fully saturated rings. The Balaban J connectivity index is 2.62. The van der Waals surface area contributed by atoms with Crippen molar-refractivity contribution in [1.82, 2.24) is 9.88 Å². The minimum atomic E-state index is -0.707. The number of carbonyl (C=O) groups excluding carboxylic acids is 1. The lowest BCUT2D eigenvalue weighted by atomic mass is 10.2. The summed E-state index contributed by atoms with van der Waals surface area (Å²) < 4.78 is 4.80. The Morgan fingerprint density at radius 1 is 1.67 bits per heavy atom. The van der Waals surface area contributed by atoms with Crippen LogP contribution in [0.2, 0.25) is 0 Å². The molecule has 1 heterocycles. The summed E-state index contributed by atoms with van der Waals surface area (Å²) in [6, 6.07) is 3.22. The molecule has 0 bridgehead atoms. The smallest absolute Gasteiger partial charge is 0.255 e. The summed E-state index contributed by atoms with van der Waals surface area (Å²) in [7, 11) is 3.10. The molecule has 4 N–H and O–H groups in total. The number of ether oxygens (including phenoxy) is 1. The molecular weight excluding hydrogens is 236 g/mol. The SMILES string of the molecule is COCC(O)CN(C)C(=O)c1ccc(NN)nc1. The molecule has 0 saturated carbocycles. The lowest BCUT2D eigenvalue weighted by molar-refractivity contribution is 0.0380. The van der Waals surface area contributed by atoms with E-state index in [0.29, 0.717) is 11.4 Å². The number of nitrogen functional groups attached to an aromatic ring is 1. The summed E-state index contributed by atoms with van der Waals surface area (Å²) in [6.45, 7) is 0.384. The molecule has 1 unspecified atom stereocenters. The fraction of sp³-hybridized carbons (Fsp3) is 0.455. The highest BCUT2D eigenvalue weighted by Crippen LogP contribution is 2.06. The van der Waals surface area contributed by atoms with Crippen LogP contribution in [-0.2, 0) is 4.74 Å². The van der Waals surface area contributed by atoms with Gasteiger partial charge in [-0.05, 0) is 12.1 Å². The van der Waals surface area contributed by atoms with Gasteiger partial charge in [-0.25, -0.2) is 10.8 Å². The molecule has 0 aliphatic heterocycles. The quantitative estimate of drug-likeness (QED) is 0.465. The van der Waals surface area contributed by atoms with Crippen LogP contribution in [0.25, 0.3) is 0 Å². The lowest BCUT2D eigenvalue weighted by Crippen LogP contribution is -2.36. The Labute approximate surface area is 106 Å². The molecule has 1 amide bonds. The van der Waals surface area contributed by atoms with Gasteiger partial charge in [0.15, 0.2) is 0 Å². The average Bonchev–Trinajstić information content (AvgIpc) is 2.38. The van der Waals surface area contributed by atoms with Crippen LogP contribution in [0.1, 0.15) is 10.4 Å². The first-order valence-corrected chi connectivity index (χ1v) is 5.43. The summed E-state index contributed by atoms with van der Waals surface area (Å²) in [5, 5.41) is 9.54. The van der Waals surface area contributed by atoms with Crippen LogP contribution in [0.5, 0.6) is 0 Å². The van der Waals surface area contributed by atoms with Crippen LogP contribution in [0.15, 0.2) is 18.3 Å². The number of amides is 1. The first-order valence-electron chi connectivity index (χ1n) is 5.43. The maximum absolute atomic E-state index is 12.0. The first kappa shape index (κ1) is 14.4. The number of rotatable bonds is 6. The monoisotopic (exact) mass is 254 g/mol. The second-order valence-electron chi connectivity index (χ2n) is 3.87. The number of nitrogens with zero attached hydrogens (tertiary/aromatic N) is 2. The zero-order valence-corrected chi connectivity index (χ0v) is 10.5. The summed E-state index contributed by atoms with van der Waals surface area (Å²) in [5.74, 6) is 5.44. The molecule has 0 radical (unpaired) electrons. The average molecular weight is 254 g/mol. The largest absolute Gasteiger partial charge is 0.389 e. The van der Waals surface area contributed by atoms with Gasteiger partial charge >= 0.3 is 0 Å². The fourth-order valence-electron chi connectivity index (χ4n) is 1.47. The molecule has 100 valence electrons. The van der Waals surface area contributed by atoms with Gasteiger partial charge < -0.3 is 20.2 Å². The Morgan fingerprint density at radius 2 is 2.39 bits per heavy atom. The minimum absolute atomic E-state index is 0.186. The predicted octanol–water partition coefficient (Wildman–Crippen LogP) is -0.553. The van der Waals surface area contributed by atoms with Crippen LogP contribution >= 0.6 is 0 Å². The second kappa shape index (κ2) is 6.90. The van der Waals surface area contributed by atoms with Crippen molar-refractivity contribution in [2.45, 2.75) is 6.10 Å². The first-order chi connectivity index (χ1) is 8.58. The number of aliphatic hydroxyl groups is 1. The topological polar surface area (TPSA) is 101 Å². The van der Waals surface area contributed by atoms with Crippen molar-refractivity contribution in [2.75, 3.05) is 32.7 Å². The molecule has 18 heavy (non-hydrogen) atoms. The molecule has 1 aromatic heterocycles. The second-order valence-corrected chi connectivity index (χ2v) is 3.87. The molecule has 0 spiro atoms. The third-order valence-corrected chi connectivity index (χ3v) is 2.35. The van der Waals surface area contributed by atoms with E-state index in [-0.39, 0.29) is 19.1 Å². The highest BCUT2D eigenvalue weighted by Gasteiger charge is 2.15. The van der Waals surface area contributed by atoms with E-state index in [1.165, 1.54) is 18.2 Å². The van der Waals surface area contributed by atoms with Gasteiger partial charge in [0.2, 0.25) is 0 Å². The van der Waals surface area contributed by atoms with E-state index in [2.05, 4.69) is 10.4 Å². The van der Waals surface area contributed by atoms with Crippen molar-refractivity contribution >= 4 is 11.7 Å². The maximum Gasteiger partial charge on any atom is 0.255 e. The van der Waals surface area contributed by atoms with Crippen molar-refractivity contribution in [3.63, 3.8) is 0 Å². The van der Waals surface area contributed by atoms with Crippen molar-refractivity contribution < 1.29 is 14.6 Å². The van der Waals surface area contributed by atoms with Crippen LogP contribution in [0.3, 0.4) is 0 Å². The number of pyridine rings is 1. The zero-order chi connectivity index (χ0) is 13.5. The summed E-state index contributed by atoms with van der Waals surface area (Å²) in [6.07, 6.45) is 0.721. The number of likely N-dealkylation sites (N-methyl/N-ethyl adjacent to an activating group) is 1. The van der Waals surface area contributed by atoms with Crippen LogP contribution in [-0.4, -0.2) is 54.3 Å². The van der Waals surface area contributed by atoms with Gasteiger partial charge in [0.25, 0.3) is 5.91 Å². The van der Waals surface area contributed by atoms with Crippen LogP contribution < -0.4 is 11.3 Å². The summed E-state index contributed by atoms with van der Waals surface area (Å²) in [5.41, 5.74) is 2.81. The van der Waals surface area contributed by atoms with Crippen molar-refractivity contribution in [1.29, 1.82) is 0 Å². The molecule has 1 atom stereocenters. The van der Waals surface area contributed by atoms with E-state index in [4.69, 9.17) is 10.6 Å². The van der Waals surface area contributed by atoms with Gasteiger partial charge in [-0.15, -0.1) is 0 Å². The Bertz CT molecular complexity index is 382. The molecular formula is C11H18N4O3. The van der Waals surface area contributed by atoms with E-state index in [1.807, 2.05) is 0 Å². The molecule has 0 aliphatic carbocycles. The number of hydrogen-bond donors (Lipinski definition) is 3. The van der Waals surface area contributed by atoms with Crippen LogP contribution in [0, 0.1) is 0 Å². The molecule has 0 aromatic carbocycles. The molecule has 0 aliphatic rings. The lowest BCUT2D eigenvalue weighted by Gasteiger charge is -2.20. The highest BCUT2D eigenvalue weighted by molar-refractivity contribution is 5.93. The predicted molar refractivity (Wildman–Crippen MR) is 66.9 cm³/mol. The number of anilines is 1. The van der Waals surface area contributed by atoms with E-state index >= 15 is 0 Å². The van der Waals surface area contributed by atoms with Gasteiger partial charge in [0.1, 0.15) is 5.82 Å². The van der Waals surface area contributed by atoms with Gasteiger partial charge in [0, 0.05) is 26.9 Å². The molecule has 0 saturated heterocycles. The Kier molecular flexibility index (Phi) is 5.50. The van der Waals surface area contributed by atoms with Gasteiger partial charge in [-0.3, -0.25) is 4.79 Å². The summed E-state index contributed by atoms with van der Waals surface area (Å²) in [4.78, 5) is 17.3. The molecule has 7 nitrogen and oxygen atoms in total. The number of hydrazine groups is 1. The van der Waals surface area contributed by atoms with E-state index in [9.17, 15) is 9.90 Å². The number of nitrogens with two attached hydrogens (primary N) is 1. The maximum atomic E-state index is 12.0. The molecule has 7 heteroatoms. The number of aromatic nitrogens is 1. The van der Waals surface area contributed by atoms with Crippen molar-refractivity contribution in [3.05, 3.63) is 23.9 Å². The fourth-order valence-corrected chi connectivity index (χ4v) is 1.47. The number of hydrogen-bond acceptors (Lipinski definition) is 6. The third kappa shape index (κ3) is 3.95. The van der Waals surface area contributed by atoms with Crippen molar-refractivity contribution in [2.24, 2.45) is 5.84 Å². The number of nitrogens with one attached hydrogen (secondary N) is 1. The highest BCUT2D eigenvalue weighted by atomic mass is 16.5. The molecule has 1 rings (SSSR count). The van der Waals surface area contributed by atoms with Gasteiger partial charge in [-0.2, -0.15) is 0 Å². The summed E-state index contributed by atoms with van der Waals surface area (Å²) >= 11 is 0. The standard InChI is InChI=1S/C11H18N4O3/c1-15(6-9(16)7-18-2)11(17)8-3-4-10(14-12)13-5-8/h3-5,9,16H,6-7,12H2,1-2H3,(H,13,14). The van der Waals surface area contributed by atoms with E-state index in [0.717, 1.165) is 0 Å². The number of aliphatic hydroxyl groups excluding tert-OH is 1. The minimum Gasteiger partial charge on any atom is -0.389 e. The van der Waals surface area contributed by atoms with Gasteiger partial charge in [0.05, 0.1) is 18.3 Å². The Hall–Kier alpha value is -1.70. The number of carbonyl (C=O) groups is 1. The number of methoxy groups -OCH3 is 1. The zero-order valence-electron chi connectivity index (χ0n) is 10.5. The van der Waals surface area contributed by atoms with Gasteiger partial charge in [-0.1, -0.05) is 0 Å².